The average Bonchev–Trinajstić information content (AvgIpc) is 3.12. The summed E-state index contributed by atoms with van der Waals surface area (Å²) in [6.45, 7) is 6.66. The Kier molecular flexibility index (Phi) is 5.75. The number of fused-ring (bicyclic) bond motifs is 1. The minimum atomic E-state index is 0.0549. The zero-order valence-electron chi connectivity index (χ0n) is 15.2. The van der Waals surface area contributed by atoms with Crippen molar-refractivity contribution in [2.24, 2.45) is 0 Å². The molecule has 0 amide bonds. The van der Waals surface area contributed by atoms with Gasteiger partial charge in [-0.1, -0.05) is 23.4 Å². The number of rotatable bonds is 7. The lowest BCUT2D eigenvalue weighted by atomic mass is 10.2. The number of nitrogens with zero attached hydrogens (tertiary/aromatic N) is 2. The van der Waals surface area contributed by atoms with Crippen molar-refractivity contribution < 1.29 is 13.9 Å². The summed E-state index contributed by atoms with van der Waals surface area (Å²) in [5.74, 6) is 0.322. The fraction of sp³-hybridized carbons (Fsp3) is 0.368. The number of aryl methyl sites for hydroxylation is 1. The van der Waals surface area contributed by atoms with Crippen molar-refractivity contribution in [2.45, 2.75) is 32.0 Å². The number of benzene rings is 1. The second-order valence-corrected chi connectivity index (χ2v) is 7.63. The first kappa shape index (κ1) is 19.0. The molecule has 0 radical (unpaired) electrons. The number of oxazole rings is 1. The van der Waals surface area contributed by atoms with Crippen LogP contribution in [0.3, 0.4) is 0 Å². The zero-order chi connectivity index (χ0) is 18.8. The van der Waals surface area contributed by atoms with E-state index in [1.165, 1.54) is 11.8 Å². The molecule has 3 aromatic rings. The third kappa shape index (κ3) is 3.82. The van der Waals surface area contributed by atoms with E-state index in [1.54, 1.807) is 25.3 Å². The Bertz CT molecular complexity index is 948. The summed E-state index contributed by atoms with van der Waals surface area (Å²) in [4.78, 5) is 17.1. The number of thioether (sulfide) groups is 1. The molecular formula is C19H21ClN2O3S. The van der Waals surface area contributed by atoms with Gasteiger partial charge in [0.2, 0.25) is 0 Å². The van der Waals surface area contributed by atoms with E-state index < -0.39 is 0 Å². The quantitative estimate of drug-likeness (QED) is 0.414. The predicted molar refractivity (Wildman–Crippen MR) is 105 cm³/mol. The van der Waals surface area contributed by atoms with E-state index in [9.17, 15) is 4.79 Å². The molecule has 0 spiro atoms. The third-order valence-electron chi connectivity index (χ3n) is 4.29. The van der Waals surface area contributed by atoms with Crippen molar-refractivity contribution in [1.82, 2.24) is 9.55 Å². The van der Waals surface area contributed by atoms with Crippen LogP contribution in [-0.4, -0.2) is 34.8 Å². The predicted octanol–water partition coefficient (Wildman–Crippen LogP) is 5.08. The summed E-state index contributed by atoms with van der Waals surface area (Å²) >= 11 is 7.26. The molecule has 0 aliphatic rings. The monoisotopic (exact) mass is 392 g/mol. The van der Waals surface area contributed by atoms with E-state index in [-0.39, 0.29) is 17.6 Å². The van der Waals surface area contributed by atoms with E-state index in [0.29, 0.717) is 28.0 Å². The summed E-state index contributed by atoms with van der Waals surface area (Å²) in [5, 5.41) is 1.08. The lowest BCUT2D eigenvalue weighted by molar-refractivity contribution is 0.102. The van der Waals surface area contributed by atoms with Crippen molar-refractivity contribution in [3.63, 3.8) is 0 Å². The summed E-state index contributed by atoms with van der Waals surface area (Å²) in [7, 11) is 1.68. The zero-order valence-corrected chi connectivity index (χ0v) is 16.8. The largest absolute Gasteiger partial charge is 0.431 e. The molecule has 1 unspecified atom stereocenters. The minimum Gasteiger partial charge on any atom is -0.431 e. The van der Waals surface area contributed by atoms with E-state index in [2.05, 4.69) is 16.5 Å². The number of ether oxygens (including phenoxy) is 1. The fourth-order valence-electron chi connectivity index (χ4n) is 3.20. The topological polar surface area (TPSA) is 57.3 Å². The molecule has 2 aromatic heterocycles. The highest BCUT2D eigenvalue weighted by atomic mass is 35.5. The van der Waals surface area contributed by atoms with Crippen LogP contribution in [0.1, 0.15) is 34.7 Å². The molecule has 138 valence electrons. The highest BCUT2D eigenvalue weighted by Gasteiger charge is 2.19. The Morgan fingerprint density at radius 3 is 2.88 bits per heavy atom. The number of carbonyl (C=O) groups is 1. The van der Waals surface area contributed by atoms with Crippen molar-refractivity contribution in [3.05, 3.63) is 46.2 Å². The number of ketones is 1. The second-order valence-electron chi connectivity index (χ2n) is 6.26. The number of methoxy groups -OCH3 is 1. The van der Waals surface area contributed by atoms with Crippen LogP contribution in [0.2, 0.25) is 5.02 Å². The summed E-state index contributed by atoms with van der Waals surface area (Å²) < 4.78 is 13.0. The van der Waals surface area contributed by atoms with Gasteiger partial charge in [-0.3, -0.25) is 4.79 Å². The lowest BCUT2D eigenvalue weighted by Crippen LogP contribution is -2.14. The van der Waals surface area contributed by atoms with Crippen molar-refractivity contribution >= 4 is 40.2 Å². The Morgan fingerprint density at radius 2 is 2.15 bits per heavy atom. The Balaban J connectivity index is 1.74. The number of hydrogen-bond donors (Lipinski definition) is 0. The number of Topliss-reactive ketones (excluding diaryl/α,β-unsaturated/α-hetero) is 1. The molecule has 0 aliphatic heterocycles. The molecule has 0 N–H and O–H groups in total. The first-order valence-corrected chi connectivity index (χ1v) is 9.66. The lowest BCUT2D eigenvalue weighted by Gasteiger charge is -2.17. The average molecular weight is 393 g/mol. The molecule has 0 saturated heterocycles. The van der Waals surface area contributed by atoms with Gasteiger partial charge in [0.25, 0.3) is 5.22 Å². The van der Waals surface area contributed by atoms with Gasteiger partial charge in [0.1, 0.15) is 5.52 Å². The maximum Gasteiger partial charge on any atom is 0.257 e. The standard InChI is InChI=1S/C19H21ClN2O3S/c1-11-7-15(13(3)22(11)12(2)9-24-4)17(23)10-26-19-21-16-8-14(20)5-6-18(16)25-19/h5-8,12H,9-10H2,1-4H3. The molecule has 5 nitrogen and oxygen atoms in total. The van der Waals surface area contributed by atoms with Gasteiger partial charge in [0.15, 0.2) is 11.4 Å². The molecule has 7 heteroatoms. The summed E-state index contributed by atoms with van der Waals surface area (Å²) in [6, 6.07) is 7.40. The van der Waals surface area contributed by atoms with E-state index in [4.69, 9.17) is 20.8 Å². The Morgan fingerprint density at radius 1 is 1.38 bits per heavy atom. The van der Waals surface area contributed by atoms with Gasteiger partial charge in [-0.2, -0.15) is 0 Å². The number of halogens is 1. The van der Waals surface area contributed by atoms with Gasteiger partial charge in [0, 0.05) is 29.1 Å². The first-order valence-electron chi connectivity index (χ1n) is 8.30. The maximum atomic E-state index is 12.7. The fourth-order valence-corrected chi connectivity index (χ4v) is 4.09. The SMILES string of the molecule is COCC(C)n1c(C)cc(C(=O)CSc2nc3cc(Cl)ccc3o2)c1C. The van der Waals surface area contributed by atoms with Crippen molar-refractivity contribution in [1.29, 1.82) is 0 Å². The van der Waals surface area contributed by atoms with Gasteiger partial charge >= 0.3 is 0 Å². The van der Waals surface area contributed by atoms with Gasteiger partial charge < -0.3 is 13.7 Å². The third-order valence-corrected chi connectivity index (χ3v) is 5.35. The Hall–Kier alpha value is -1.76. The molecule has 0 aliphatic carbocycles. The number of aromatic nitrogens is 2. The van der Waals surface area contributed by atoms with Gasteiger partial charge in [-0.05, 0) is 45.0 Å². The van der Waals surface area contributed by atoms with Crippen LogP contribution in [0.5, 0.6) is 0 Å². The number of carbonyl (C=O) groups excluding carboxylic acids is 1. The van der Waals surface area contributed by atoms with E-state index in [0.717, 1.165) is 17.0 Å². The molecule has 26 heavy (non-hydrogen) atoms. The van der Waals surface area contributed by atoms with Gasteiger partial charge in [-0.25, -0.2) is 4.98 Å². The van der Waals surface area contributed by atoms with Crippen LogP contribution in [0, 0.1) is 13.8 Å². The number of hydrogen-bond acceptors (Lipinski definition) is 5. The molecule has 0 bridgehead atoms. The molecule has 2 heterocycles. The smallest absolute Gasteiger partial charge is 0.257 e. The summed E-state index contributed by atoms with van der Waals surface area (Å²) in [6.07, 6.45) is 0. The highest BCUT2D eigenvalue weighted by molar-refractivity contribution is 7.99. The van der Waals surface area contributed by atoms with Crippen molar-refractivity contribution in [3.8, 4) is 0 Å². The summed E-state index contributed by atoms with van der Waals surface area (Å²) in [5.41, 5.74) is 4.10. The maximum absolute atomic E-state index is 12.7. The van der Waals surface area contributed by atoms with Crippen LogP contribution in [-0.2, 0) is 4.74 Å². The molecule has 1 atom stereocenters. The highest BCUT2D eigenvalue weighted by Crippen LogP contribution is 2.27. The normalized spacial score (nSPS) is 12.7. The molecule has 0 fully saturated rings. The van der Waals surface area contributed by atoms with E-state index >= 15 is 0 Å². The van der Waals surface area contributed by atoms with Gasteiger partial charge in [0.05, 0.1) is 18.4 Å². The molecule has 3 rings (SSSR count). The molecule has 0 saturated carbocycles. The van der Waals surface area contributed by atoms with Crippen LogP contribution in [0.4, 0.5) is 0 Å². The minimum absolute atomic E-state index is 0.0549. The molecular weight excluding hydrogens is 372 g/mol. The van der Waals surface area contributed by atoms with Gasteiger partial charge in [-0.15, -0.1) is 0 Å². The Labute approximate surface area is 161 Å². The first-order chi connectivity index (χ1) is 12.4. The molecule has 1 aromatic carbocycles. The van der Waals surface area contributed by atoms with Crippen LogP contribution < -0.4 is 0 Å². The second kappa shape index (κ2) is 7.86. The van der Waals surface area contributed by atoms with Crippen LogP contribution in [0.15, 0.2) is 33.9 Å². The van der Waals surface area contributed by atoms with Crippen molar-refractivity contribution in [2.75, 3.05) is 19.5 Å². The van der Waals surface area contributed by atoms with Crippen LogP contribution in [0.25, 0.3) is 11.1 Å². The van der Waals surface area contributed by atoms with Crippen LogP contribution >= 0.6 is 23.4 Å². The van der Waals surface area contributed by atoms with E-state index in [1.807, 2.05) is 19.9 Å².